The molecule has 4 aromatic carbocycles. The number of nitrogens with zero attached hydrogens (tertiary/aromatic N) is 2. The topological polar surface area (TPSA) is 98.6 Å². The number of H-pyrrole nitrogens is 1. The van der Waals surface area contributed by atoms with Crippen LogP contribution in [0.3, 0.4) is 0 Å². The van der Waals surface area contributed by atoms with Gasteiger partial charge in [-0.3, -0.25) is 4.72 Å². The van der Waals surface area contributed by atoms with Crippen LogP contribution >= 0.6 is 15.9 Å². The zero-order valence-electron chi connectivity index (χ0n) is 21.9. The molecule has 41 heavy (non-hydrogen) atoms. The maximum atomic E-state index is 12.9. The third-order valence-corrected chi connectivity index (χ3v) is 8.82. The molecule has 6 rings (SSSR count). The minimum absolute atomic E-state index is 0.198. The van der Waals surface area contributed by atoms with Crippen molar-refractivity contribution in [3.05, 3.63) is 125 Å². The molecule has 0 aliphatic carbocycles. The summed E-state index contributed by atoms with van der Waals surface area (Å²) in [6, 6.07) is 33.8. The zero-order chi connectivity index (χ0) is 28.6. The van der Waals surface area contributed by atoms with E-state index in [9.17, 15) is 13.7 Å². The Morgan fingerprint density at radius 3 is 2.24 bits per heavy atom. The number of para-hydroxylation sites is 1. The van der Waals surface area contributed by atoms with Crippen LogP contribution in [0.4, 0.5) is 5.69 Å². The van der Waals surface area contributed by atoms with Crippen LogP contribution in [0, 0.1) is 18.3 Å². The van der Waals surface area contributed by atoms with E-state index in [1.807, 2.05) is 79.9 Å². The molecule has 0 fully saturated rings. The lowest BCUT2D eigenvalue weighted by Gasteiger charge is -2.14. The minimum atomic E-state index is -3.73. The summed E-state index contributed by atoms with van der Waals surface area (Å²) in [6.07, 6.45) is 1.88. The van der Waals surface area contributed by atoms with Gasteiger partial charge in [0.1, 0.15) is 6.07 Å². The summed E-state index contributed by atoms with van der Waals surface area (Å²) < 4.78 is 29.4. The summed E-state index contributed by atoms with van der Waals surface area (Å²) in [4.78, 5) is 8.47. The molecule has 0 aliphatic rings. The molecule has 200 valence electrons. The number of aromatic amines is 1. The van der Waals surface area contributed by atoms with Gasteiger partial charge in [-0.05, 0) is 61.0 Å². The molecule has 2 heterocycles. The fourth-order valence-corrected chi connectivity index (χ4v) is 6.09. The summed E-state index contributed by atoms with van der Waals surface area (Å²) in [7, 11) is -3.73. The van der Waals surface area contributed by atoms with Crippen molar-refractivity contribution in [3.63, 3.8) is 0 Å². The molecule has 8 heteroatoms. The number of rotatable bonds is 6. The van der Waals surface area contributed by atoms with E-state index in [1.165, 1.54) is 0 Å². The first-order valence-corrected chi connectivity index (χ1v) is 15.1. The molecule has 0 aliphatic heterocycles. The molecular weight excluding hydrogens is 596 g/mol. The van der Waals surface area contributed by atoms with Crippen LogP contribution < -0.4 is 4.72 Å². The number of nitrogens with one attached hydrogen (secondary N) is 2. The minimum Gasteiger partial charge on any atom is -0.360 e. The number of nitriles is 1. The standard InChI is InChI=1S/C33H23BrN4O2S/c1-21-6-16-26(17-7-21)41(39,40)38-25-14-10-23(11-15-25)32-18-28(22-8-12-24(34)13-9-22)29(19-35)33(37-32)30-20-36-31-5-3-2-4-27(30)31/h2-18,20,36,38H,1H3. The van der Waals surface area contributed by atoms with Gasteiger partial charge in [-0.15, -0.1) is 0 Å². The quantitative estimate of drug-likeness (QED) is 0.196. The van der Waals surface area contributed by atoms with Crippen molar-refractivity contribution in [1.29, 1.82) is 5.26 Å². The zero-order valence-corrected chi connectivity index (χ0v) is 24.3. The summed E-state index contributed by atoms with van der Waals surface area (Å²) in [5.41, 5.74) is 7.35. The normalized spacial score (nSPS) is 11.3. The second-order valence-corrected chi connectivity index (χ2v) is 12.2. The first kappa shape index (κ1) is 26.5. The highest BCUT2D eigenvalue weighted by atomic mass is 79.9. The average Bonchev–Trinajstić information content (AvgIpc) is 3.41. The van der Waals surface area contributed by atoms with Crippen molar-refractivity contribution in [2.24, 2.45) is 0 Å². The number of halogens is 1. The number of aromatic nitrogens is 2. The van der Waals surface area contributed by atoms with Gasteiger partial charge in [0.05, 0.1) is 21.8 Å². The largest absolute Gasteiger partial charge is 0.360 e. The van der Waals surface area contributed by atoms with Crippen LogP contribution in [0.25, 0.3) is 44.5 Å². The number of sulfonamides is 1. The smallest absolute Gasteiger partial charge is 0.261 e. The van der Waals surface area contributed by atoms with Gasteiger partial charge in [-0.1, -0.05) is 76.1 Å². The summed E-state index contributed by atoms with van der Waals surface area (Å²) in [5.74, 6) is 0. The highest BCUT2D eigenvalue weighted by molar-refractivity contribution is 9.10. The molecule has 6 nitrogen and oxygen atoms in total. The summed E-state index contributed by atoms with van der Waals surface area (Å²) >= 11 is 3.49. The van der Waals surface area contributed by atoms with E-state index in [0.717, 1.165) is 43.2 Å². The Bertz CT molecular complexity index is 2040. The molecule has 0 bridgehead atoms. The number of pyridine rings is 1. The maximum absolute atomic E-state index is 12.9. The van der Waals surface area contributed by atoms with Crippen molar-refractivity contribution in [2.75, 3.05) is 4.72 Å². The van der Waals surface area contributed by atoms with Crippen LogP contribution in [0.15, 0.2) is 119 Å². The second kappa shape index (κ2) is 10.7. The number of hydrogen-bond donors (Lipinski definition) is 2. The molecular formula is C33H23BrN4O2S. The van der Waals surface area contributed by atoms with E-state index < -0.39 is 10.0 Å². The van der Waals surface area contributed by atoms with Gasteiger partial charge >= 0.3 is 0 Å². The predicted molar refractivity (Wildman–Crippen MR) is 167 cm³/mol. The van der Waals surface area contributed by atoms with Gasteiger partial charge in [0.2, 0.25) is 0 Å². The van der Waals surface area contributed by atoms with E-state index in [1.54, 1.807) is 36.4 Å². The number of fused-ring (bicyclic) bond motifs is 1. The molecule has 0 atom stereocenters. The number of hydrogen-bond acceptors (Lipinski definition) is 4. The summed E-state index contributed by atoms with van der Waals surface area (Å²) in [5, 5.41) is 11.3. The van der Waals surface area contributed by atoms with E-state index in [4.69, 9.17) is 4.98 Å². The second-order valence-electron chi connectivity index (χ2n) is 9.64. The van der Waals surface area contributed by atoms with Gasteiger partial charge in [0.25, 0.3) is 10.0 Å². The van der Waals surface area contributed by atoms with Gasteiger partial charge in [-0.2, -0.15) is 5.26 Å². The van der Waals surface area contributed by atoms with E-state index >= 15 is 0 Å². The van der Waals surface area contributed by atoms with Crippen molar-refractivity contribution in [1.82, 2.24) is 9.97 Å². The number of anilines is 1. The lowest BCUT2D eigenvalue weighted by molar-refractivity contribution is 0.601. The Labute approximate surface area is 246 Å². The molecule has 0 amide bonds. The third-order valence-electron chi connectivity index (χ3n) is 6.90. The average molecular weight is 620 g/mol. The SMILES string of the molecule is Cc1ccc(S(=O)(=O)Nc2ccc(-c3cc(-c4ccc(Br)cc4)c(C#N)c(-c4c[nH]c5ccccc45)n3)cc2)cc1. The molecule has 0 unspecified atom stereocenters. The first-order chi connectivity index (χ1) is 19.8. The Morgan fingerprint density at radius 2 is 1.54 bits per heavy atom. The van der Waals surface area contributed by atoms with Crippen LogP contribution in [-0.2, 0) is 10.0 Å². The van der Waals surface area contributed by atoms with Crippen molar-refractivity contribution in [3.8, 4) is 39.7 Å². The fourth-order valence-electron chi connectivity index (χ4n) is 4.77. The summed E-state index contributed by atoms with van der Waals surface area (Å²) in [6.45, 7) is 1.91. The Balaban J connectivity index is 1.45. The molecule has 0 radical (unpaired) electrons. The third kappa shape index (κ3) is 5.25. The maximum Gasteiger partial charge on any atom is 0.261 e. The monoisotopic (exact) mass is 618 g/mol. The number of aryl methyl sites for hydroxylation is 1. The molecule has 2 N–H and O–H groups in total. The molecule has 6 aromatic rings. The Hall–Kier alpha value is -4.71. The van der Waals surface area contributed by atoms with Crippen LogP contribution in [0.2, 0.25) is 0 Å². The van der Waals surface area contributed by atoms with Crippen LogP contribution in [0.5, 0.6) is 0 Å². The molecule has 2 aromatic heterocycles. The van der Waals surface area contributed by atoms with Gasteiger partial charge in [-0.25, -0.2) is 13.4 Å². The molecule has 0 saturated heterocycles. The van der Waals surface area contributed by atoms with Crippen molar-refractivity contribution < 1.29 is 8.42 Å². The van der Waals surface area contributed by atoms with Crippen molar-refractivity contribution >= 4 is 42.5 Å². The van der Waals surface area contributed by atoms with Gasteiger partial charge in [0.15, 0.2) is 0 Å². The molecule has 0 saturated carbocycles. The predicted octanol–water partition coefficient (Wildman–Crippen LogP) is 8.31. The Morgan fingerprint density at radius 1 is 0.854 bits per heavy atom. The lowest BCUT2D eigenvalue weighted by Crippen LogP contribution is -2.12. The van der Waals surface area contributed by atoms with E-state index in [0.29, 0.717) is 22.6 Å². The van der Waals surface area contributed by atoms with Crippen LogP contribution in [-0.4, -0.2) is 18.4 Å². The Kier molecular flexibility index (Phi) is 6.91. The number of benzene rings is 4. The molecule has 0 spiro atoms. The van der Waals surface area contributed by atoms with Gasteiger partial charge < -0.3 is 4.98 Å². The fraction of sp³-hybridized carbons (Fsp3) is 0.0303. The van der Waals surface area contributed by atoms with Gasteiger partial charge in [0, 0.05) is 44.0 Å². The van der Waals surface area contributed by atoms with E-state index in [2.05, 4.69) is 31.7 Å². The first-order valence-electron chi connectivity index (χ1n) is 12.8. The highest BCUT2D eigenvalue weighted by Crippen LogP contribution is 2.37. The lowest BCUT2D eigenvalue weighted by atomic mass is 9.94. The highest BCUT2D eigenvalue weighted by Gasteiger charge is 2.20. The van der Waals surface area contributed by atoms with Crippen molar-refractivity contribution in [2.45, 2.75) is 11.8 Å². The van der Waals surface area contributed by atoms with Crippen LogP contribution in [0.1, 0.15) is 11.1 Å². The van der Waals surface area contributed by atoms with E-state index in [-0.39, 0.29) is 4.90 Å².